The Kier molecular flexibility index (Phi) is 5.22. The van der Waals surface area contributed by atoms with Crippen LogP contribution < -0.4 is 10.6 Å². The summed E-state index contributed by atoms with van der Waals surface area (Å²) in [6.07, 6.45) is 0. The molecule has 0 bridgehead atoms. The molecule has 2 N–H and O–H groups in total. The second-order valence-corrected chi connectivity index (χ2v) is 5.60. The largest absolute Gasteiger partial charge is 0.332 e. The second-order valence-electron chi connectivity index (χ2n) is 5.20. The van der Waals surface area contributed by atoms with Crippen LogP contribution in [0.15, 0.2) is 48.5 Å². The van der Waals surface area contributed by atoms with Gasteiger partial charge in [0.1, 0.15) is 5.82 Å². The van der Waals surface area contributed by atoms with Crippen molar-refractivity contribution in [3.63, 3.8) is 0 Å². The molecule has 0 saturated heterocycles. The molecule has 0 spiro atoms. The van der Waals surface area contributed by atoms with Crippen LogP contribution in [0.4, 0.5) is 10.1 Å². The van der Waals surface area contributed by atoms with Crippen molar-refractivity contribution in [3.8, 4) is 0 Å². The quantitative estimate of drug-likeness (QED) is 0.839. The van der Waals surface area contributed by atoms with Crippen LogP contribution in [0.25, 0.3) is 0 Å². The van der Waals surface area contributed by atoms with Gasteiger partial charge >= 0.3 is 0 Å². The summed E-state index contributed by atoms with van der Waals surface area (Å²) in [5.74, 6) is -0.458. The molecule has 2 aromatic rings. The highest BCUT2D eigenvalue weighted by molar-refractivity contribution is 7.80. The first-order valence-corrected chi connectivity index (χ1v) is 7.34. The Morgan fingerprint density at radius 2 is 1.82 bits per heavy atom. The van der Waals surface area contributed by atoms with Gasteiger partial charge in [0.05, 0.1) is 0 Å². The molecule has 2 rings (SSSR count). The lowest BCUT2D eigenvalue weighted by Crippen LogP contribution is -2.34. The molecule has 114 valence electrons. The molecule has 3 nitrogen and oxygen atoms in total. The van der Waals surface area contributed by atoms with Crippen molar-refractivity contribution >= 4 is 28.9 Å². The Morgan fingerprint density at radius 1 is 1.14 bits per heavy atom. The van der Waals surface area contributed by atoms with Gasteiger partial charge in [-0.05, 0) is 54.0 Å². The van der Waals surface area contributed by atoms with Gasteiger partial charge in [0, 0.05) is 11.3 Å². The number of anilines is 1. The van der Waals surface area contributed by atoms with Crippen LogP contribution in [0.1, 0.15) is 35.7 Å². The van der Waals surface area contributed by atoms with Crippen LogP contribution in [0.5, 0.6) is 0 Å². The molecule has 0 aliphatic carbocycles. The fourth-order valence-electron chi connectivity index (χ4n) is 1.92. The van der Waals surface area contributed by atoms with Crippen molar-refractivity contribution in [2.45, 2.75) is 19.8 Å². The maximum atomic E-state index is 13.1. The molecule has 0 atom stereocenters. The van der Waals surface area contributed by atoms with E-state index >= 15 is 0 Å². The van der Waals surface area contributed by atoms with E-state index in [0.29, 0.717) is 5.92 Å². The molecule has 0 fully saturated rings. The molecular weight excluding hydrogens is 299 g/mol. The molecular formula is C17H17FN2OS. The average Bonchev–Trinajstić information content (AvgIpc) is 2.47. The van der Waals surface area contributed by atoms with E-state index in [1.165, 1.54) is 23.8 Å². The van der Waals surface area contributed by atoms with Gasteiger partial charge in [-0.15, -0.1) is 0 Å². The zero-order valence-corrected chi connectivity index (χ0v) is 13.2. The van der Waals surface area contributed by atoms with E-state index in [9.17, 15) is 9.18 Å². The third kappa shape index (κ3) is 4.36. The predicted octanol–water partition coefficient (Wildman–Crippen LogP) is 4.08. The van der Waals surface area contributed by atoms with Crippen LogP contribution in [-0.4, -0.2) is 11.0 Å². The molecule has 5 heteroatoms. The van der Waals surface area contributed by atoms with Gasteiger partial charge in [-0.3, -0.25) is 10.1 Å². The second kappa shape index (κ2) is 7.13. The number of hydrogen-bond donors (Lipinski definition) is 2. The molecule has 0 aromatic heterocycles. The van der Waals surface area contributed by atoms with Crippen LogP contribution in [-0.2, 0) is 0 Å². The third-order valence-electron chi connectivity index (χ3n) is 3.15. The number of thiocarbonyl (C=S) groups is 1. The summed E-state index contributed by atoms with van der Waals surface area (Å²) in [5, 5.41) is 5.63. The van der Waals surface area contributed by atoms with Crippen LogP contribution in [0, 0.1) is 5.82 Å². The van der Waals surface area contributed by atoms with Gasteiger partial charge in [0.15, 0.2) is 5.11 Å². The Bertz CT molecular complexity index is 683. The maximum absolute atomic E-state index is 13.1. The number of rotatable bonds is 3. The molecule has 0 heterocycles. The molecule has 0 saturated carbocycles. The molecule has 1 amide bonds. The Morgan fingerprint density at radius 3 is 2.41 bits per heavy atom. The Labute approximate surface area is 134 Å². The number of carbonyl (C=O) groups excluding carboxylic acids is 1. The van der Waals surface area contributed by atoms with Crippen molar-refractivity contribution in [2.24, 2.45) is 0 Å². The van der Waals surface area contributed by atoms with Crippen molar-refractivity contribution in [1.29, 1.82) is 0 Å². The first-order valence-electron chi connectivity index (χ1n) is 6.93. The zero-order valence-electron chi connectivity index (χ0n) is 12.4. The summed E-state index contributed by atoms with van der Waals surface area (Å²) >= 11 is 5.09. The lowest BCUT2D eigenvalue weighted by atomic mass is 10.0. The first-order chi connectivity index (χ1) is 10.5. The number of halogens is 1. The van der Waals surface area contributed by atoms with Gasteiger partial charge < -0.3 is 5.32 Å². The molecule has 0 aliphatic heterocycles. The zero-order chi connectivity index (χ0) is 16.1. The van der Waals surface area contributed by atoms with Gasteiger partial charge in [-0.2, -0.15) is 0 Å². The van der Waals surface area contributed by atoms with E-state index in [1.807, 2.05) is 24.3 Å². The maximum Gasteiger partial charge on any atom is 0.257 e. The van der Waals surface area contributed by atoms with E-state index in [-0.39, 0.29) is 10.7 Å². The van der Waals surface area contributed by atoms with Crippen LogP contribution in [0.3, 0.4) is 0 Å². The summed E-state index contributed by atoms with van der Waals surface area (Å²) in [7, 11) is 0. The predicted molar refractivity (Wildman–Crippen MR) is 90.6 cm³/mol. The average molecular weight is 316 g/mol. The molecule has 0 aliphatic rings. The van der Waals surface area contributed by atoms with E-state index in [2.05, 4.69) is 24.5 Å². The normalized spacial score (nSPS) is 10.4. The number of carbonyl (C=O) groups is 1. The summed E-state index contributed by atoms with van der Waals surface area (Å²) in [4.78, 5) is 11.9. The summed E-state index contributed by atoms with van der Waals surface area (Å²) < 4.78 is 13.1. The van der Waals surface area contributed by atoms with Crippen molar-refractivity contribution in [2.75, 3.05) is 5.32 Å². The highest BCUT2D eigenvalue weighted by atomic mass is 32.1. The van der Waals surface area contributed by atoms with Gasteiger partial charge in [-0.1, -0.05) is 32.0 Å². The SMILES string of the molecule is CC(C)c1ccc(NC(=S)NC(=O)c2cccc(F)c2)cc1. The molecule has 0 unspecified atom stereocenters. The molecule has 0 radical (unpaired) electrons. The van der Waals surface area contributed by atoms with Crippen LogP contribution >= 0.6 is 12.2 Å². The van der Waals surface area contributed by atoms with E-state index in [4.69, 9.17) is 12.2 Å². The minimum atomic E-state index is -0.462. The minimum absolute atomic E-state index is 0.173. The van der Waals surface area contributed by atoms with Crippen molar-refractivity contribution < 1.29 is 9.18 Å². The monoisotopic (exact) mass is 316 g/mol. The van der Waals surface area contributed by atoms with Crippen molar-refractivity contribution in [3.05, 3.63) is 65.5 Å². The lowest BCUT2D eigenvalue weighted by Gasteiger charge is -2.11. The highest BCUT2D eigenvalue weighted by Gasteiger charge is 2.08. The van der Waals surface area contributed by atoms with Gasteiger partial charge in [-0.25, -0.2) is 4.39 Å². The van der Waals surface area contributed by atoms with Crippen molar-refractivity contribution in [1.82, 2.24) is 5.32 Å². The fourth-order valence-corrected chi connectivity index (χ4v) is 2.13. The number of benzene rings is 2. The smallest absolute Gasteiger partial charge is 0.257 e. The number of hydrogen-bond acceptors (Lipinski definition) is 2. The van der Waals surface area contributed by atoms with Crippen LogP contribution in [0.2, 0.25) is 0 Å². The third-order valence-corrected chi connectivity index (χ3v) is 3.35. The van der Waals surface area contributed by atoms with Gasteiger partial charge in [0.25, 0.3) is 5.91 Å². The van der Waals surface area contributed by atoms with Gasteiger partial charge in [0.2, 0.25) is 0 Å². The molecule has 2 aromatic carbocycles. The van der Waals surface area contributed by atoms with E-state index in [0.717, 1.165) is 11.8 Å². The summed E-state index contributed by atoms with van der Waals surface area (Å²) in [5.41, 5.74) is 2.23. The first kappa shape index (κ1) is 16.1. The number of amides is 1. The topological polar surface area (TPSA) is 41.1 Å². The summed E-state index contributed by atoms with van der Waals surface area (Å²) in [6, 6.07) is 13.3. The molecule has 22 heavy (non-hydrogen) atoms. The fraction of sp³-hybridized carbons (Fsp3) is 0.176. The number of nitrogens with one attached hydrogen (secondary N) is 2. The highest BCUT2D eigenvalue weighted by Crippen LogP contribution is 2.17. The van der Waals surface area contributed by atoms with E-state index < -0.39 is 11.7 Å². The standard InChI is InChI=1S/C17H17FN2OS/c1-11(2)12-6-8-15(9-7-12)19-17(22)20-16(21)13-4-3-5-14(18)10-13/h3-11H,1-2H3,(H2,19,20,21,22). The summed E-state index contributed by atoms with van der Waals surface area (Å²) in [6.45, 7) is 4.23. The Hall–Kier alpha value is -2.27. The lowest BCUT2D eigenvalue weighted by molar-refractivity contribution is 0.0977. The Balaban J connectivity index is 1.96. The van der Waals surface area contributed by atoms with E-state index in [1.54, 1.807) is 0 Å². The minimum Gasteiger partial charge on any atom is -0.332 e.